The Hall–Kier alpha value is -0.130. The predicted molar refractivity (Wildman–Crippen MR) is 50.8 cm³/mol. The van der Waals surface area contributed by atoms with Gasteiger partial charge in [-0.2, -0.15) is 0 Å². The van der Waals surface area contributed by atoms with Crippen LogP contribution in [0.3, 0.4) is 0 Å². The lowest BCUT2D eigenvalue weighted by atomic mass is 10.2. The topological polar surface area (TPSA) is 66.4 Å². The van der Waals surface area contributed by atoms with Gasteiger partial charge >= 0.3 is 0 Å². The van der Waals surface area contributed by atoms with Gasteiger partial charge in [-0.1, -0.05) is 6.92 Å². The third-order valence-electron chi connectivity index (χ3n) is 2.12. The first-order chi connectivity index (χ1) is 6.03. The number of rotatable bonds is 6. The summed E-state index contributed by atoms with van der Waals surface area (Å²) in [5, 5.41) is 8.69. The van der Waals surface area contributed by atoms with E-state index in [0.717, 1.165) is 12.8 Å². The zero-order valence-electron chi connectivity index (χ0n) is 7.86. The van der Waals surface area contributed by atoms with Crippen molar-refractivity contribution in [3.63, 3.8) is 0 Å². The molecular formula is C8H17NO3S. The van der Waals surface area contributed by atoms with E-state index in [1.807, 2.05) is 0 Å². The second-order valence-corrected chi connectivity index (χ2v) is 5.71. The minimum atomic E-state index is -3.08. The van der Waals surface area contributed by atoms with Gasteiger partial charge in [-0.25, -0.2) is 13.1 Å². The van der Waals surface area contributed by atoms with Crippen LogP contribution in [0.2, 0.25) is 0 Å². The van der Waals surface area contributed by atoms with Crippen molar-refractivity contribution in [2.75, 3.05) is 18.9 Å². The van der Waals surface area contributed by atoms with Gasteiger partial charge in [0.1, 0.15) is 0 Å². The maximum Gasteiger partial charge on any atom is 0.211 e. The van der Waals surface area contributed by atoms with Gasteiger partial charge in [0, 0.05) is 13.2 Å². The lowest BCUT2D eigenvalue weighted by Gasteiger charge is -2.09. The average Bonchev–Trinajstić information content (AvgIpc) is 2.83. The molecule has 2 N–H and O–H groups in total. The summed E-state index contributed by atoms with van der Waals surface area (Å²) in [5.74, 6) is 0.626. The van der Waals surface area contributed by atoms with Crippen molar-refractivity contribution >= 4 is 10.0 Å². The zero-order valence-corrected chi connectivity index (χ0v) is 8.68. The summed E-state index contributed by atoms with van der Waals surface area (Å²) in [6, 6.07) is 0. The molecule has 1 saturated carbocycles. The third-order valence-corrected chi connectivity index (χ3v) is 3.63. The van der Waals surface area contributed by atoms with Crippen molar-refractivity contribution in [1.29, 1.82) is 0 Å². The fourth-order valence-corrected chi connectivity index (χ4v) is 2.60. The molecule has 1 unspecified atom stereocenters. The van der Waals surface area contributed by atoms with Gasteiger partial charge in [-0.3, -0.25) is 0 Å². The van der Waals surface area contributed by atoms with E-state index >= 15 is 0 Å². The Morgan fingerprint density at radius 3 is 2.62 bits per heavy atom. The Morgan fingerprint density at radius 2 is 2.15 bits per heavy atom. The van der Waals surface area contributed by atoms with E-state index in [2.05, 4.69) is 4.72 Å². The van der Waals surface area contributed by atoms with Crippen LogP contribution in [0.4, 0.5) is 0 Å². The van der Waals surface area contributed by atoms with Crippen molar-refractivity contribution in [1.82, 2.24) is 4.72 Å². The highest BCUT2D eigenvalue weighted by Gasteiger charge is 2.27. The van der Waals surface area contributed by atoms with Gasteiger partial charge < -0.3 is 5.11 Å². The first-order valence-corrected chi connectivity index (χ1v) is 6.27. The van der Waals surface area contributed by atoms with Crippen molar-refractivity contribution in [2.45, 2.75) is 19.8 Å². The van der Waals surface area contributed by atoms with Crippen LogP contribution in [0.25, 0.3) is 0 Å². The predicted octanol–water partition coefficient (Wildman–Crippen LogP) is -0.0558. The van der Waals surface area contributed by atoms with E-state index in [4.69, 9.17) is 5.11 Å². The highest BCUT2D eigenvalue weighted by Crippen LogP contribution is 2.29. The molecule has 0 aromatic carbocycles. The van der Waals surface area contributed by atoms with E-state index in [0.29, 0.717) is 12.5 Å². The number of nitrogens with one attached hydrogen (secondary N) is 1. The van der Waals surface area contributed by atoms with E-state index in [9.17, 15) is 8.42 Å². The van der Waals surface area contributed by atoms with Crippen molar-refractivity contribution in [3.05, 3.63) is 0 Å². The van der Waals surface area contributed by atoms with Crippen LogP contribution in [0.15, 0.2) is 0 Å². The molecular weight excluding hydrogens is 190 g/mol. The van der Waals surface area contributed by atoms with Crippen LogP contribution in [0, 0.1) is 11.8 Å². The molecule has 78 valence electrons. The number of hydrogen-bond acceptors (Lipinski definition) is 3. The summed E-state index contributed by atoms with van der Waals surface area (Å²) in [6.07, 6.45) is 2.08. The van der Waals surface area contributed by atoms with Gasteiger partial charge in [0.15, 0.2) is 0 Å². The van der Waals surface area contributed by atoms with Gasteiger partial charge in [0.05, 0.1) is 5.75 Å². The second kappa shape index (κ2) is 4.39. The number of aliphatic hydroxyl groups is 1. The number of sulfonamides is 1. The van der Waals surface area contributed by atoms with Crippen LogP contribution in [0.1, 0.15) is 19.8 Å². The van der Waals surface area contributed by atoms with Crippen molar-refractivity contribution < 1.29 is 13.5 Å². The van der Waals surface area contributed by atoms with Crippen LogP contribution in [-0.2, 0) is 10.0 Å². The van der Waals surface area contributed by atoms with Gasteiger partial charge in [0.25, 0.3) is 0 Å². The van der Waals surface area contributed by atoms with Crippen LogP contribution in [-0.4, -0.2) is 32.4 Å². The maximum absolute atomic E-state index is 11.3. The molecule has 1 aliphatic rings. The second-order valence-electron chi connectivity index (χ2n) is 3.86. The molecule has 0 spiro atoms. The molecule has 4 nitrogen and oxygen atoms in total. The molecule has 0 amide bonds. The highest BCUT2D eigenvalue weighted by atomic mass is 32.2. The monoisotopic (exact) mass is 207 g/mol. The molecule has 0 bridgehead atoms. The van der Waals surface area contributed by atoms with Crippen molar-refractivity contribution in [3.8, 4) is 0 Å². The van der Waals surface area contributed by atoms with Crippen LogP contribution >= 0.6 is 0 Å². The molecule has 1 fully saturated rings. The van der Waals surface area contributed by atoms with Crippen molar-refractivity contribution in [2.24, 2.45) is 11.8 Å². The quantitative estimate of drug-likeness (QED) is 0.641. The highest BCUT2D eigenvalue weighted by molar-refractivity contribution is 7.89. The molecule has 0 heterocycles. The molecule has 1 aliphatic carbocycles. The number of hydrogen-bond donors (Lipinski definition) is 2. The lowest BCUT2D eigenvalue weighted by molar-refractivity contribution is 0.238. The summed E-state index contributed by atoms with van der Waals surface area (Å²) >= 11 is 0. The largest absolute Gasteiger partial charge is 0.396 e. The molecule has 5 heteroatoms. The summed E-state index contributed by atoms with van der Waals surface area (Å²) in [5.41, 5.74) is 0. The van der Waals surface area contributed by atoms with E-state index in [1.165, 1.54) is 0 Å². The average molecular weight is 207 g/mol. The summed E-state index contributed by atoms with van der Waals surface area (Å²) in [7, 11) is -3.08. The zero-order chi connectivity index (χ0) is 9.90. The van der Waals surface area contributed by atoms with Crippen LogP contribution < -0.4 is 4.72 Å². The molecule has 0 radical (unpaired) electrons. The van der Waals surface area contributed by atoms with E-state index in [-0.39, 0.29) is 18.3 Å². The molecule has 0 aromatic rings. The Kier molecular flexibility index (Phi) is 3.70. The normalized spacial score (nSPS) is 20.2. The molecule has 0 saturated heterocycles. The summed E-state index contributed by atoms with van der Waals surface area (Å²) in [6.45, 7) is 2.16. The molecule has 13 heavy (non-hydrogen) atoms. The maximum atomic E-state index is 11.3. The minimum absolute atomic E-state index is 0.00558. The smallest absolute Gasteiger partial charge is 0.211 e. The van der Waals surface area contributed by atoms with E-state index in [1.54, 1.807) is 6.92 Å². The van der Waals surface area contributed by atoms with Crippen LogP contribution in [0.5, 0.6) is 0 Å². The minimum Gasteiger partial charge on any atom is -0.396 e. The lowest BCUT2D eigenvalue weighted by Crippen LogP contribution is -2.32. The fraction of sp³-hybridized carbons (Fsp3) is 1.00. The van der Waals surface area contributed by atoms with Gasteiger partial charge in [-0.15, -0.1) is 0 Å². The fourth-order valence-electron chi connectivity index (χ4n) is 0.988. The summed E-state index contributed by atoms with van der Waals surface area (Å²) < 4.78 is 25.1. The third kappa shape index (κ3) is 4.59. The first-order valence-electron chi connectivity index (χ1n) is 4.61. The standard InChI is InChI=1S/C8H17NO3S/c1-7(5-10)4-9-13(11,12)6-8-2-3-8/h7-10H,2-6H2,1H3. The van der Waals surface area contributed by atoms with Gasteiger partial charge in [-0.05, 0) is 24.7 Å². The molecule has 1 rings (SSSR count). The summed E-state index contributed by atoms with van der Waals surface area (Å²) in [4.78, 5) is 0. The Morgan fingerprint density at radius 1 is 1.54 bits per heavy atom. The number of aliphatic hydroxyl groups excluding tert-OH is 1. The molecule has 0 aliphatic heterocycles. The van der Waals surface area contributed by atoms with E-state index < -0.39 is 10.0 Å². The Bertz CT molecular complexity index is 246. The molecule has 0 aromatic heterocycles. The Balaban J connectivity index is 2.24. The Labute approximate surface area is 79.4 Å². The first kappa shape index (κ1) is 10.9. The van der Waals surface area contributed by atoms with Gasteiger partial charge in [0.2, 0.25) is 10.0 Å². The SMILES string of the molecule is CC(CO)CNS(=O)(=O)CC1CC1. The molecule has 1 atom stereocenters.